The van der Waals surface area contributed by atoms with E-state index in [1.165, 1.54) is 0 Å². The fourth-order valence-electron chi connectivity index (χ4n) is 1.75. The highest BCUT2D eigenvalue weighted by Crippen LogP contribution is 2.19. The molecule has 1 heterocycles. The second-order valence-electron chi connectivity index (χ2n) is 3.55. The molecule has 0 bridgehead atoms. The monoisotopic (exact) mass is 203 g/mol. The van der Waals surface area contributed by atoms with Gasteiger partial charge in [-0.25, -0.2) is 0 Å². The molecule has 0 spiro atoms. The summed E-state index contributed by atoms with van der Waals surface area (Å²) < 4.78 is 0. The predicted molar refractivity (Wildman–Crippen MR) is 55.2 cm³/mol. The maximum atomic E-state index is 10.5. The molecule has 0 aliphatic carbocycles. The van der Waals surface area contributed by atoms with Crippen molar-refractivity contribution in [3.05, 3.63) is 0 Å². The Balaban J connectivity index is 2.16. The third kappa shape index (κ3) is 4.00. The van der Waals surface area contributed by atoms with E-state index in [-0.39, 0.29) is 0 Å². The number of aliphatic carboxylic acids is 1. The molecule has 1 saturated heterocycles. The molecule has 0 radical (unpaired) electrons. The summed E-state index contributed by atoms with van der Waals surface area (Å²) in [5, 5.41) is 8.61. The molecule has 1 aliphatic heterocycles. The fourth-order valence-corrected chi connectivity index (χ4v) is 2.19. The topological polar surface area (TPSA) is 40.5 Å². The van der Waals surface area contributed by atoms with Gasteiger partial charge in [0.05, 0.1) is 0 Å². The van der Waals surface area contributed by atoms with Crippen LogP contribution in [0, 0.1) is 5.92 Å². The zero-order valence-electron chi connectivity index (χ0n) is 8.03. The van der Waals surface area contributed by atoms with Gasteiger partial charge in [0.15, 0.2) is 0 Å². The van der Waals surface area contributed by atoms with Crippen LogP contribution >= 0.6 is 11.8 Å². The summed E-state index contributed by atoms with van der Waals surface area (Å²) in [5.74, 6) is 0.885. The molecule has 1 N–H and O–H groups in total. The molecule has 3 nitrogen and oxygen atoms in total. The van der Waals surface area contributed by atoms with Gasteiger partial charge in [0.1, 0.15) is 0 Å². The Morgan fingerprint density at radius 3 is 3.08 bits per heavy atom. The largest absolute Gasteiger partial charge is 0.481 e. The zero-order valence-corrected chi connectivity index (χ0v) is 8.85. The fraction of sp³-hybridized carbons (Fsp3) is 0.889. The normalized spacial score (nSPS) is 23.6. The Morgan fingerprint density at radius 2 is 2.46 bits per heavy atom. The number of carboxylic acids is 1. The lowest BCUT2D eigenvalue weighted by Crippen LogP contribution is -2.23. The highest BCUT2D eigenvalue weighted by molar-refractivity contribution is 7.98. The average Bonchev–Trinajstić information content (AvgIpc) is 2.48. The molecule has 0 saturated carbocycles. The van der Waals surface area contributed by atoms with Gasteiger partial charge in [-0.3, -0.25) is 4.79 Å². The smallest absolute Gasteiger partial charge is 0.303 e. The second-order valence-corrected chi connectivity index (χ2v) is 4.53. The number of nitrogens with zero attached hydrogens (tertiary/aromatic N) is 1. The van der Waals surface area contributed by atoms with Crippen molar-refractivity contribution in [1.82, 2.24) is 4.90 Å². The van der Waals surface area contributed by atoms with Crippen molar-refractivity contribution in [3.8, 4) is 0 Å². The number of carbonyl (C=O) groups is 1. The first kappa shape index (κ1) is 10.9. The molecule has 1 fully saturated rings. The molecule has 13 heavy (non-hydrogen) atoms. The molecule has 76 valence electrons. The number of likely N-dealkylation sites (tertiary alicyclic amines) is 1. The Labute approximate surface area is 83.5 Å². The first-order valence-electron chi connectivity index (χ1n) is 4.65. The number of rotatable bonds is 5. The maximum absolute atomic E-state index is 10.5. The van der Waals surface area contributed by atoms with Crippen LogP contribution in [0.2, 0.25) is 0 Å². The van der Waals surface area contributed by atoms with Crippen molar-refractivity contribution < 1.29 is 9.90 Å². The van der Waals surface area contributed by atoms with Gasteiger partial charge < -0.3 is 10.0 Å². The van der Waals surface area contributed by atoms with E-state index in [1.807, 2.05) is 11.8 Å². The Hall–Kier alpha value is -0.220. The summed E-state index contributed by atoms with van der Waals surface area (Å²) >= 11 is 1.85. The average molecular weight is 203 g/mol. The summed E-state index contributed by atoms with van der Waals surface area (Å²) in [5.41, 5.74) is 0. The molecule has 0 aromatic carbocycles. The molecule has 0 aromatic rings. The number of hydrogen-bond donors (Lipinski definition) is 1. The third-order valence-electron chi connectivity index (χ3n) is 2.44. The van der Waals surface area contributed by atoms with Crippen LogP contribution in [0.1, 0.15) is 12.8 Å². The molecule has 0 aromatic heterocycles. The van der Waals surface area contributed by atoms with Gasteiger partial charge in [0, 0.05) is 25.3 Å². The van der Waals surface area contributed by atoms with Crippen molar-refractivity contribution in [2.45, 2.75) is 12.8 Å². The predicted octanol–water partition coefficient (Wildman–Crippen LogP) is 1.15. The van der Waals surface area contributed by atoms with Crippen LogP contribution in [-0.2, 0) is 4.79 Å². The Bertz CT molecular complexity index is 175. The zero-order chi connectivity index (χ0) is 9.68. The van der Waals surface area contributed by atoms with E-state index in [0.717, 1.165) is 31.8 Å². The van der Waals surface area contributed by atoms with E-state index in [9.17, 15) is 4.79 Å². The van der Waals surface area contributed by atoms with Crippen LogP contribution in [0.5, 0.6) is 0 Å². The van der Waals surface area contributed by atoms with Gasteiger partial charge in [-0.05, 0) is 25.1 Å². The van der Waals surface area contributed by atoms with Crippen LogP contribution in [0.3, 0.4) is 0 Å². The minimum Gasteiger partial charge on any atom is -0.481 e. The van der Waals surface area contributed by atoms with E-state index in [4.69, 9.17) is 5.11 Å². The van der Waals surface area contributed by atoms with Crippen molar-refractivity contribution in [2.75, 3.05) is 31.6 Å². The third-order valence-corrected chi connectivity index (χ3v) is 3.04. The van der Waals surface area contributed by atoms with Crippen LogP contribution in [0.4, 0.5) is 0 Å². The van der Waals surface area contributed by atoms with Crippen LogP contribution in [0.25, 0.3) is 0 Å². The summed E-state index contributed by atoms with van der Waals surface area (Å²) in [6, 6.07) is 0. The number of thioether (sulfide) groups is 1. The lowest BCUT2D eigenvalue weighted by atomic mass is 10.1. The number of carboxylic acid groups (broad SMARTS) is 1. The van der Waals surface area contributed by atoms with Crippen molar-refractivity contribution >= 4 is 17.7 Å². The van der Waals surface area contributed by atoms with E-state index in [0.29, 0.717) is 12.3 Å². The van der Waals surface area contributed by atoms with E-state index in [1.54, 1.807) is 0 Å². The van der Waals surface area contributed by atoms with E-state index >= 15 is 0 Å². The quantitative estimate of drug-likeness (QED) is 0.727. The standard InChI is InChI=1S/C9H17NO2S/c1-13-5-4-10-3-2-8(7-10)6-9(11)12/h8H,2-7H2,1H3,(H,11,12). The molecule has 0 amide bonds. The first-order chi connectivity index (χ1) is 6.22. The summed E-state index contributed by atoms with van der Waals surface area (Å²) in [6.07, 6.45) is 3.50. The van der Waals surface area contributed by atoms with Gasteiger partial charge in [-0.1, -0.05) is 0 Å². The minimum absolute atomic E-state index is 0.343. The highest BCUT2D eigenvalue weighted by Gasteiger charge is 2.23. The minimum atomic E-state index is -0.656. The molecule has 1 unspecified atom stereocenters. The lowest BCUT2D eigenvalue weighted by molar-refractivity contribution is -0.138. The number of hydrogen-bond acceptors (Lipinski definition) is 3. The van der Waals surface area contributed by atoms with Gasteiger partial charge in [0.25, 0.3) is 0 Å². The van der Waals surface area contributed by atoms with E-state index < -0.39 is 5.97 Å². The molecule has 1 atom stereocenters. The van der Waals surface area contributed by atoms with Gasteiger partial charge in [-0.15, -0.1) is 0 Å². The van der Waals surface area contributed by atoms with Crippen molar-refractivity contribution in [2.24, 2.45) is 5.92 Å². The van der Waals surface area contributed by atoms with Gasteiger partial charge in [0.2, 0.25) is 0 Å². The highest BCUT2D eigenvalue weighted by atomic mass is 32.2. The van der Waals surface area contributed by atoms with Gasteiger partial charge >= 0.3 is 5.97 Å². The molecule has 4 heteroatoms. The molecular weight excluding hydrogens is 186 g/mol. The van der Waals surface area contributed by atoms with Crippen molar-refractivity contribution in [3.63, 3.8) is 0 Å². The van der Waals surface area contributed by atoms with Crippen molar-refractivity contribution in [1.29, 1.82) is 0 Å². The second kappa shape index (κ2) is 5.50. The maximum Gasteiger partial charge on any atom is 0.303 e. The SMILES string of the molecule is CSCCN1CCC(CC(=O)O)C1. The molecule has 1 aliphatic rings. The van der Waals surface area contributed by atoms with E-state index in [2.05, 4.69) is 11.2 Å². The molecule has 1 rings (SSSR count). The summed E-state index contributed by atoms with van der Waals surface area (Å²) in [4.78, 5) is 12.8. The van der Waals surface area contributed by atoms with Gasteiger partial charge in [-0.2, -0.15) is 11.8 Å². The van der Waals surface area contributed by atoms with Crippen LogP contribution in [0.15, 0.2) is 0 Å². The first-order valence-corrected chi connectivity index (χ1v) is 6.05. The molecular formula is C9H17NO2S. The van der Waals surface area contributed by atoms with Crippen LogP contribution in [-0.4, -0.2) is 47.6 Å². The van der Waals surface area contributed by atoms with Crippen LogP contribution < -0.4 is 0 Å². The summed E-state index contributed by atoms with van der Waals surface area (Å²) in [6.45, 7) is 3.17. The Morgan fingerprint density at radius 1 is 1.69 bits per heavy atom. The summed E-state index contributed by atoms with van der Waals surface area (Å²) in [7, 11) is 0. The Kier molecular flexibility index (Phi) is 4.59. The lowest BCUT2D eigenvalue weighted by Gasteiger charge is -2.14.